The lowest BCUT2D eigenvalue weighted by atomic mass is 10.1. The minimum absolute atomic E-state index is 0.300. The monoisotopic (exact) mass is 405 g/mol. The minimum atomic E-state index is 0.300. The maximum Gasteiger partial charge on any atom is 0.156 e. The number of hydrogen-bond donors (Lipinski definition) is 1. The van der Waals surface area contributed by atoms with Crippen molar-refractivity contribution >= 4 is 34.1 Å². The number of benzene rings is 1. The highest BCUT2D eigenvalue weighted by molar-refractivity contribution is 6.29. The molecule has 0 aliphatic rings. The Hall–Kier alpha value is -3.70. The van der Waals surface area contributed by atoms with Crippen LogP contribution in [0.5, 0.6) is 5.75 Å². The van der Waals surface area contributed by atoms with Gasteiger partial charge < -0.3 is 10.1 Å². The number of hydrogen-bond acceptors (Lipinski definition) is 7. The molecule has 3 aromatic heterocycles. The Morgan fingerprint density at radius 1 is 1.17 bits per heavy atom. The highest BCUT2D eigenvalue weighted by Crippen LogP contribution is 2.29. The second-order valence-corrected chi connectivity index (χ2v) is 6.72. The molecule has 4 aromatic rings. The summed E-state index contributed by atoms with van der Waals surface area (Å²) in [7, 11) is 1.61. The number of fused-ring (bicyclic) bond motifs is 1. The third-order valence-corrected chi connectivity index (χ3v) is 4.57. The van der Waals surface area contributed by atoms with E-state index < -0.39 is 0 Å². The highest BCUT2D eigenvalue weighted by atomic mass is 35.5. The molecule has 1 aromatic carbocycles. The van der Waals surface area contributed by atoms with Gasteiger partial charge in [-0.25, -0.2) is 15.0 Å². The maximum absolute atomic E-state index is 9.53. The van der Waals surface area contributed by atoms with Crippen molar-refractivity contribution in [3.05, 3.63) is 58.6 Å². The van der Waals surface area contributed by atoms with Crippen molar-refractivity contribution in [3.63, 3.8) is 0 Å². The predicted octanol–water partition coefficient (Wildman–Crippen LogP) is 4.10. The van der Waals surface area contributed by atoms with Gasteiger partial charge in [-0.2, -0.15) is 15.0 Å². The van der Waals surface area contributed by atoms with Crippen LogP contribution >= 0.6 is 11.6 Å². The molecule has 0 bridgehead atoms. The fraction of sp³-hybridized carbons (Fsp3) is 0.150. The van der Waals surface area contributed by atoms with E-state index in [0.717, 1.165) is 10.9 Å². The molecule has 0 radical (unpaired) electrons. The van der Waals surface area contributed by atoms with Crippen LogP contribution in [0.25, 0.3) is 16.7 Å². The molecule has 0 amide bonds. The number of aromatic nitrogens is 5. The Morgan fingerprint density at radius 2 is 2.00 bits per heavy atom. The number of anilines is 2. The number of nitrogens with zero attached hydrogens (tertiary/aromatic N) is 6. The third-order valence-electron chi connectivity index (χ3n) is 4.38. The maximum atomic E-state index is 9.53. The smallest absolute Gasteiger partial charge is 0.156 e. The summed E-state index contributed by atoms with van der Waals surface area (Å²) in [6.07, 6.45) is 1.47. The molecule has 9 heteroatoms. The van der Waals surface area contributed by atoms with Crippen LogP contribution in [0.4, 0.5) is 11.6 Å². The van der Waals surface area contributed by atoms with Gasteiger partial charge >= 0.3 is 0 Å². The highest BCUT2D eigenvalue weighted by Gasteiger charge is 2.17. The van der Waals surface area contributed by atoms with Gasteiger partial charge in [0.05, 0.1) is 13.3 Å². The number of rotatable bonds is 4. The number of halogens is 1. The molecule has 1 N–H and O–H groups in total. The quantitative estimate of drug-likeness (QED) is 0.510. The molecule has 0 aliphatic carbocycles. The molecule has 0 spiro atoms. The van der Waals surface area contributed by atoms with Gasteiger partial charge in [-0.1, -0.05) is 23.7 Å². The van der Waals surface area contributed by atoms with Crippen molar-refractivity contribution in [2.45, 2.75) is 13.8 Å². The second kappa shape index (κ2) is 7.37. The first-order valence-corrected chi connectivity index (χ1v) is 9.09. The van der Waals surface area contributed by atoms with E-state index in [1.807, 2.05) is 31.2 Å². The zero-order valence-corrected chi connectivity index (χ0v) is 16.7. The SMILES string of the molecule is COc1cccc2c(C)cc(-n3ncc(C#N)c3Nc3cc(Cl)nc(C)n3)nc12. The number of pyridine rings is 1. The third kappa shape index (κ3) is 3.44. The summed E-state index contributed by atoms with van der Waals surface area (Å²) >= 11 is 6.04. The van der Waals surface area contributed by atoms with Gasteiger partial charge in [0, 0.05) is 11.5 Å². The normalized spacial score (nSPS) is 10.7. The van der Waals surface area contributed by atoms with Crippen molar-refractivity contribution in [1.82, 2.24) is 24.7 Å². The average molecular weight is 406 g/mol. The van der Waals surface area contributed by atoms with Crippen molar-refractivity contribution < 1.29 is 4.74 Å². The van der Waals surface area contributed by atoms with Gasteiger partial charge in [0.2, 0.25) is 0 Å². The van der Waals surface area contributed by atoms with Crippen LogP contribution in [0.1, 0.15) is 17.0 Å². The topological polar surface area (TPSA) is 102 Å². The molecule has 0 saturated carbocycles. The lowest BCUT2D eigenvalue weighted by Crippen LogP contribution is -2.07. The Morgan fingerprint density at radius 3 is 2.72 bits per heavy atom. The van der Waals surface area contributed by atoms with E-state index >= 15 is 0 Å². The zero-order chi connectivity index (χ0) is 20.5. The second-order valence-electron chi connectivity index (χ2n) is 6.33. The summed E-state index contributed by atoms with van der Waals surface area (Å²) in [5.41, 5.74) is 2.06. The lowest BCUT2D eigenvalue weighted by Gasteiger charge is -2.13. The molecule has 144 valence electrons. The van der Waals surface area contributed by atoms with Gasteiger partial charge in [0.1, 0.15) is 39.7 Å². The van der Waals surface area contributed by atoms with Crippen molar-refractivity contribution in [2.24, 2.45) is 0 Å². The molecule has 8 nitrogen and oxygen atoms in total. The molecule has 0 atom stereocenters. The number of para-hydroxylation sites is 1. The summed E-state index contributed by atoms with van der Waals surface area (Å²) in [6.45, 7) is 3.72. The first-order valence-electron chi connectivity index (χ1n) is 8.71. The number of nitriles is 1. The summed E-state index contributed by atoms with van der Waals surface area (Å²) in [5.74, 6) is 2.60. The minimum Gasteiger partial charge on any atom is -0.494 e. The average Bonchev–Trinajstić information content (AvgIpc) is 3.09. The molecule has 3 heterocycles. The van der Waals surface area contributed by atoms with Crippen LogP contribution in [0.3, 0.4) is 0 Å². The van der Waals surface area contributed by atoms with Crippen molar-refractivity contribution in [3.8, 4) is 17.6 Å². The molecule has 0 saturated heterocycles. The fourth-order valence-electron chi connectivity index (χ4n) is 3.09. The van der Waals surface area contributed by atoms with Crippen LogP contribution in [-0.2, 0) is 0 Å². The molecule has 0 fully saturated rings. The summed E-state index contributed by atoms with van der Waals surface area (Å²) < 4.78 is 7.02. The van der Waals surface area contributed by atoms with E-state index in [1.165, 1.54) is 6.20 Å². The Kier molecular flexibility index (Phi) is 4.74. The van der Waals surface area contributed by atoms with Gasteiger partial charge in [-0.05, 0) is 31.5 Å². The number of aryl methyl sites for hydroxylation is 2. The largest absolute Gasteiger partial charge is 0.494 e. The summed E-state index contributed by atoms with van der Waals surface area (Å²) in [6, 6.07) is 11.4. The number of nitrogens with one attached hydrogen (secondary N) is 1. The molecular weight excluding hydrogens is 390 g/mol. The summed E-state index contributed by atoms with van der Waals surface area (Å²) in [4.78, 5) is 13.1. The Balaban J connectivity index is 1.88. The molecule has 29 heavy (non-hydrogen) atoms. The van der Waals surface area contributed by atoms with Crippen LogP contribution < -0.4 is 10.1 Å². The van der Waals surface area contributed by atoms with E-state index in [2.05, 4.69) is 26.5 Å². The van der Waals surface area contributed by atoms with E-state index in [0.29, 0.717) is 45.3 Å². The van der Waals surface area contributed by atoms with Crippen LogP contribution in [0.15, 0.2) is 36.5 Å². The zero-order valence-electron chi connectivity index (χ0n) is 15.9. The standard InChI is InChI=1S/C20H16ClN7O/c1-11-7-18(27-19-14(11)5-4-6-15(19)29-3)28-20(13(9-22)10-23-28)26-17-8-16(21)24-12(2)25-17/h4-8,10H,1-3H3,(H,24,25,26). The number of methoxy groups -OCH3 is 1. The van der Waals surface area contributed by atoms with E-state index in [-0.39, 0.29) is 0 Å². The Labute approximate surface area is 171 Å². The molecule has 4 rings (SSSR count). The van der Waals surface area contributed by atoms with Crippen LogP contribution in [0.2, 0.25) is 5.15 Å². The van der Waals surface area contributed by atoms with Crippen LogP contribution in [0, 0.1) is 25.2 Å². The summed E-state index contributed by atoms with van der Waals surface area (Å²) in [5, 5.41) is 18.3. The van der Waals surface area contributed by atoms with Gasteiger partial charge in [-0.15, -0.1) is 0 Å². The first-order chi connectivity index (χ1) is 14.0. The molecule has 0 unspecified atom stereocenters. The van der Waals surface area contributed by atoms with Crippen molar-refractivity contribution in [1.29, 1.82) is 5.26 Å². The van der Waals surface area contributed by atoms with E-state index in [1.54, 1.807) is 24.8 Å². The fourth-order valence-corrected chi connectivity index (χ4v) is 3.31. The van der Waals surface area contributed by atoms with E-state index in [4.69, 9.17) is 21.3 Å². The van der Waals surface area contributed by atoms with Gasteiger partial charge in [-0.3, -0.25) is 0 Å². The first kappa shape index (κ1) is 18.7. The molecular formula is C20H16ClN7O. The Bertz CT molecular complexity index is 1260. The lowest BCUT2D eigenvalue weighted by molar-refractivity contribution is 0.419. The van der Waals surface area contributed by atoms with Gasteiger partial charge in [0.15, 0.2) is 11.6 Å². The molecule has 0 aliphatic heterocycles. The van der Waals surface area contributed by atoms with Crippen molar-refractivity contribution in [2.75, 3.05) is 12.4 Å². The van der Waals surface area contributed by atoms with Gasteiger partial charge in [0.25, 0.3) is 0 Å². The predicted molar refractivity (Wildman–Crippen MR) is 110 cm³/mol. The van der Waals surface area contributed by atoms with E-state index in [9.17, 15) is 5.26 Å². The number of ether oxygens (including phenoxy) is 1. The van der Waals surface area contributed by atoms with Crippen LogP contribution in [-0.4, -0.2) is 31.8 Å².